The molecule has 2 N–H and O–H groups in total. The summed E-state index contributed by atoms with van der Waals surface area (Å²) in [7, 11) is 0. The summed E-state index contributed by atoms with van der Waals surface area (Å²) in [6, 6.07) is 9.78. The molecule has 2 atom stereocenters. The molecule has 1 heterocycles. The number of hydrogen-bond donors (Lipinski definition) is 1. The average Bonchev–Trinajstić information content (AvgIpc) is 2.47. The molecule has 14 heavy (non-hydrogen) atoms. The van der Waals surface area contributed by atoms with Gasteiger partial charge < -0.3 is 5.73 Å². The van der Waals surface area contributed by atoms with Crippen LogP contribution in [0, 0.1) is 0 Å². The number of benzene rings is 1. The summed E-state index contributed by atoms with van der Waals surface area (Å²) < 4.78 is 13.1. The van der Waals surface area contributed by atoms with Crippen LogP contribution in [-0.4, -0.2) is 30.2 Å². The molecule has 1 aromatic carbocycles. The second-order valence-electron chi connectivity index (χ2n) is 3.86. The van der Waals surface area contributed by atoms with Gasteiger partial charge in [-0.05, 0) is 5.56 Å². The fourth-order valence-corrected chi connectivity index (χ4v) is 1.84. The Balaban J connectivity index is 1.94. The van der Waals surface area contributed by atoms with E-state index in [9.17, 15) is 4.39 Å². The van der Waals surface area contributed by atoms with Crippen LogP contribution in [0.4, 0.5) is 4.39 Å². The molecule has 0 amide bonds. The highest BCUT2D eigenvalue weighted by Crippen LogP contribution is 2.14. The number of likely N-dealkylation sites (tertiary alicyclic amines) is 1. The lowest BCUT2D eigenvalue weighted by Gasteiger charge is -2.14. The zero-order valence-electron chi connectivity index (χ0n) is 8.07. The van der Waals surface area contributed by atoms with Gasteiger partial charge in [-0.25, -0.2) is 4.39 Å². The van der Waals surface area contributed by atoms with E-state index >= 15 is 0 Å². The Kier molecular flexibility index (Phi) is 2.79. The van der Waals surface area contributed by atoms with Crippen LogP contribution in [-0.2, 0) is 6.54 Å². The van der Waals surface area contributed by atoms with Crippen molar-refractivity contribution in [1.82, 2.24) is 4.90 Å². The summed E-state index contributed by atoms with van der Waals surface area (Å²) >= 11 is 0. The van der Waals surface area contributed by atoms with Crippen molar-refractivity contribution in [2.75, 3.05) is 13.1 Å². The molecule has 2 rings (SSSR count). The van der Waals surface area contributed by atoms with Crippen LogP contribution in [0.1, 0.15) is 5.56 Å². The zero-order chi connectivity index (χ0) is 9.97. The summed E-state index contributed by atoms with van der Waals surface area (Å²) in [5.74, 6) is 0. The first-order valence-corrected chi connectivity index (χ1v) is 4.91. The Bertz CT molecular complexity index is 279. The maximum absolute atomic E-state index is 13.1. The van der Waals surface area contributed by atoms with E-state index < -0.39 is 6.17 Å². The van der Waals surface area contributed by atoms with Crippen LogP contribution >= 0.6 is 0 Å². The third kappa shape index (κ3) is 2.11. The van der Waals surface area contributed by atoms with Gasteiger partial charge in [-0.3, -0.25) is 4.90 Å². The van der Waals surface area contributed by atoms with Crippen molar-refractivity contribution in [3.63, 3.8) is 0 Å². The predicted octanol–water partition coefficient (Wildman–Crippen LogP) is 1.17. The molecule has 1 aromatic rings. The van der Waals surface area contributed by atoms with Crippen molar-refractivity contribution in [3.8, 4) is 0 Å². The van der Waals surface area contributed by atoms with Crippen molar-refractivity contribution in [2.24, 2.45) is 5.73 Å². The largest absolute Gasteiger partial charge is 0.324 e. The SMILES string of the molecule is N[C@H]1CN(Cc2ccccc2)C[C@H]1F. The zero-order valence-corrected chi connectivity index (χ0v) is 8.07. The van der Waals surface area contributed by atoms with Gasteiger partial charge in [-0.1, -0.05) is 30.3 Å². The summed E-state index contributed by atoms with van der Waals surface area (Å²) in [4.78, 5) is 2.06. The maximum Gasteiger partial charge on any atom is 0.129 e. The molecule has 0 bridgehead atoms. The topological polar surface area (TPSA) is 29.3 Å². The molecule has 0 unspecified atom stereocenters. The van der Waals surface area contributed by atoms with Crippen LogP contribution in [0.3, 0.4) is 0 Å². The summed E-state index contributed by atoms with van der Waals surface area (Å²) in [6.45, 7) is 1.93. The number of alkyl halides is 1. The highest BCUT2D eigenvalue weighted by molar-refractivity contribution is 5.14. The maximum atomic E-state index is 13.1. The third-order valence-electron chi connectivity index (χ3n) is 2.62. The fraction of sp³-hybridized carbons (Fsp3) is 0.455. The molecule has 76 valence electrons. The second kappa shape index (κ2) is 4.07. The van der Waals surface area contributed by atoms with Gasteiger partial charge in [0.1, 0.15) is 6.17 Å². The van der Waals surface area contributed by atoms with Gasteiger partial charge in [0, 0.05) is 25.7 Å². The molecule has 0 saturated carbocycles. The van der Waals surface area contributed by atoms with E-state index in [-0.39, 0.29) is 6.04 Å². The minimum Gasteiger partial charge on any atom is -0.324 e. The Labute approximate surface area is 83.5 Å². The molecule has 1 aliphatic rings. The Morgan fingerprint density at radius 3 is 2.57 bits per heavy atom. The smallest absolute Gasteiger partial charge is 0.129 e. The Morgan fingerprint density at radius 1 is 1.29 bits per heavy atom. The summed E-state index contributed by atoms with van der Waals surface area (Å²) in [5.41, 5.74) is 6.82. The van der Waals surface area contributed by atoms with Gasteiger partial charge in [-0.2, -0.15) is 0 Å². The Morgan fingerprint density at radius 2 is 2.00 bits per heavy atom. The molecule has 1 saturated heterocycles. The van der Waals surface area contributed by atoms with Gasteiger partial charge >= 0.3 is 0 Å². The van der Waals surface area contributed by atoms with E-state index in [1.54, 1.807) is 0 Å². The van der Waals surface area contributed by atoms with Crippen molar-refractivity contribution in [1.29, 1.82) is 0 Å². The van der Waals surface area contributed by atoms with E-state index in [4.69, 9.17) is 5.73 Å². The van der Waals surface area contributed by atoms with E-state index in [0.717, 1.165) is 6.54 Å². The molecule has 0 aliphatic carbocycles. The first kappa shape index (κ1) is 9.62. The average molecular weight is 194 g/mol. The molecule has 1 fully saturated rings. The van der Waals surface area contributed by atoms with Crippen LogP contribution in [0.25, 0.3) is 0 Å². The lowest BCUT2D eigenvalue weighted by atomic mass is 10.2. The lowest BCUT2D eigenvalue weighted by molar-refractivity contribution is 0.280. The highest BCUT2D eigenvalue weighted by Gasteiger charge is 2.29. The van der Waals surface area contributed by atoms with Crippen LogP contribution in [0.15, 0.2) is 30.3 Å². The number of rotatable bonds is 2. The normalized spacial score (nSPS) is 28.1. The van der Waals surface area contributed by atoms with Gasteiger partial charge in [0.25, 0.3) is 0 Å². The number of hydrogen-bond acceptors (Lipinski definition) is 2. The standard InChI is InChI=1S/C11H15FN2/c12-10-7-14(8-11(10)13)6-9-4-2-1-3-5-9/h1-5,10-11H,6-8,13H2/t10-,11+/m1/s1. The van der Waals surface area contributed by atoms with E-state index in [0.29, 0.717) is 13.1 Å². The first-order valence-electron chi connectivity index (χ1n) is 4.91. The second-order valence-corrected chi connectivity index (χ2v) is 3.86. The molecule has 0 aromatic heterocycles. The summed E-state index contributed by atoms with van der Waals surface area (Å²) in [5, 5.41) is 0. The highest BCUT2D eigenvalue weighted by atomic mass is 19.1. The third-order valence-corrected chi connectivity index (χ3v) is 2.62. The van der Waals surface area contributed by atoms with Crippen molar-refractivity contribution >= 4 is 0 Å². The number of nitrogens with two attached hydrogens (primary N) is 1. The molecule has 0 radical (unpaired) electrons. The fourth-order valence-electron chi connectivity index (χ4n) is 1.84. The van der Waals surface area contributed by atoms with Crippen LogP contribution in [0.2, 0.25) is 0 Å². The van der Waals surface area contributed by atoms with Gasteiger partial charge in [0.2, 0.25) is 0 Å². The van der Waals surface area contributed by atoms with Crippen molar-refractivity contribution < 1.29 is 4.39 Å². The lowest BCUT2D eigenvalue weighted by Crippen LogP contribution is -2.30. The Hall–Kier alpha value is -0.930. The van der Waals surface area contributed by atoms with Crippen LogP contribution in [0.5, 0.6) is 0 Å². The minimum atomic E-state index is -0.862. The van der Waals surface area contributed by atoms with Crippen molar-refractivity contribution in [2.45, 2.75) is 18.8 Å². The predicted molar refractivity (Wildman–Crippen MR) is 54.6 cm³/mol. The van der Waals surface area contributed by atoms with E-state index in [1.807, 2.05) is 18.2 Å². The molecule has 1 aliphatic heterocycles. The summed E-state index contributed by atoms with van der Waals surface area (Å²) in [6.07, 6.45) is -0.862. The first-order chi connectivity index (χ1) is 6.75. The number of halogens is 1. The molecule has 3 heteroatoms. The monoisotopic (exact) mass is 194 g/mol. The minimum absolute atomic E-state index is 0.307. The molecule has 2 nitrogen and oxygen atoms in total. The van der Waals surface area contributed by atoms with Crippen LogP contribution < -0.4 is 5.73 Å². The molecule has 0 spiro atoms. The van der Waals surface area contributed by atoms with Gasteiger partial charge in [0.05, 0.1) is 0 Å². The van der Waals surface area contributed by atoms with Crippen molar-refractivity contribution in [3.05, 3.63) is 35.9 Å². The molecular formula is C11H15FN2. The van der Waals surface area contributed by atoms with E-state index in [1.165, 1.54) is 5.56 Å². The number of nitrogens with zero attached hydrogens (tertiary/aromatic N) is 1. The van der Waals surface area contributed by atoms with E-state index in [2.05, 4.69) is 17.0 Å². The van der Waals surface area contributed by atoms with Gasteiger partial charge in [-0.15, -0.1) is 0 Å². The van der Waals surface area contributed by atoms with Gasteiger partial charge in [0.15, 0.2) is 0 Å². The quantitative estimate of drug-likeness (QED) is 0.765. The molecular weight excluding hydrogens is 179 g/mol.